The monoisotopic (exact) mass is 416 g/mol. The highest BCUT2D eigenvalue weighted by atomic mass is 79.9. The third kappa shape index (κ3) is 3.27. The Morgan fingerprint density at radius 1 is 1.20 bits per heavy atom. The van der Waals surface area contributed by atoms with Crippen LogP contribution < -0.4 is 4.74 Å². The van der Waals surface area contributed by atoms with E-state index in [4.69, 9.17) is 4.74 Å². The second-order valence-corrected chi connectivity index (χ2v) is 7.28. The number of thiazole rings is 1. The van der Waals surface area contributed by atoms with E-state index < -0.39 is 0 Å². The smallest absolute Gasteiger partial charge is 0.266 e. The van der Waals surface area contributed by atoms with Crippen LogP contribution in [0.5, 0.6) is 5.75 Å². The van der Waals surface area contributed by atoms with E-state index in [2.05, 4.69) is 30.9 Å². The van der Waals surface area contributed by atoms with Gasteiger partial charge in [-0.05, 0) is 18.2 Å². The van der Waals surface area contributed by atoms with Crippen LogP contribution in [0.15, 0.2) is 47.3 Å². The Bertz CT molecular complexity index is 916. The fourth-order valence-electron chi connectivity index (χ4n) is 2.58. The number of benzene rings is 1. The lowest BCUT2D eigenvalue weighted by Gasteiger charge is -2.19. The van der Waals surface area contributed by atoms with Crippen LogP contribution in [0.3, 0.4) is 0 Å². The van der Waals surface area contributed by atoms with Crippen LogP contribution in [0, 0.1) is 0 Å². The first-order valence-corrected chi connectivity index (χ1v) is 9.26. The highest BCUT2D eigenvalue weighted by Gasteiger charge is 2.24. The zero-order chi connectivity index (χ0) is 17.2. The Kier molecular flexibility index (Phi) is 4.46. The lowest BCUT2D eigenvalue weighted by molar-refractivity contribution is 0.0737. The molecule has 0 spiro atoms. The van der Waals surface area contributed by atoms with E-state index in [0.29, 0.717) is 35.4 Å². The van der Waals surface area contributed by atoms with Crippen LogP contribution in [-0.4, -0.2) is 38.9 Å². The third-order valence-electron chi connectivity index (χ3n) is 3.80. The van der Waals surface area contributed by atoms with Gasteiger partial charge < -0.3 is 9.64 Å². The molecular weight excluding hydrogens is 404 g/mol. The van der Waals surface area contributed by atoms with E-state index in [1.165, 1.54) is 11.3 Å². The molecular formula is C17H13BrN4O2S. The maximum Gasteiger partial charge on any atom is 0.266 e. The number of amides is 1. The first-order chi connectivity index (χ1) is 12.2. The van der Waals surface area contributed by atoms with Crippen LogP contribution in [0.2, 0.25) is 0 Å². The van der Waals surface area contributed by atoms with Gasteiger partial charge in [0, 0.05) is 22.4 Å². The summed E-state index contributed by atoms with van der Waals surface area (Å²) in [6.07, 6.45) is 4.91. The van der Waals surface area contributed by atoms with Gasteiger partial charge in [-0.2, -0.15) is 0 Å². The van der Waals surface area contributed by atoms with Crippen molar-refractivity contribution in [3.05, 3.63) is 57.8 Å². The van der Waals surface area contributed by atoms with Gasteiger partial charge >= 0.3 is 0 Å². The molecule has 126 valence electrons. The van der Waals surface area contributed by atoms with Crippen LogP contribution in [-0.2, 0) is 6.54 Å². The Labute approximate surface area is 156 Å². The third-order valence-corrected chi connectivity index (χ3v) is 5.53. The minimum absolute atomic E-state index is 0.0631. The molecule has 6 nitrogen and oxygen atoms in total. The van der Waals surface area contributed by atoms with Crippen LogP contribution >= 0.6 is 27.3 Å². The molecule has 3 heterocycles. The molecule has 8 heteroatoms. The van der Waals surface area contributed by atoms with Crippen molar-refractivity contribution < 1.29 is 9.53 Å². The first-order valence-electron chi connectivity index (χ1n) is 7.65. The number of halogens is 1. The summed E-state index contributed by atoms with van der Waals surface area (Å²) in [7, 11) is 0. The van der Waals surface area contributed by atoms with Gasteiger partial charge in [0.05, 0.1) is 19.3 Å². The fourth-order valence-corrected chi connectivity index (χ4v) is 3.88. The molecule has 0 fully saturated rings. The van der Waals surface area contributed by atoms with Gasteiger partial charge in [-0.25, -0.2) is 15.0 Å². The summed E-state index contributed by atoms with van der Waals surface area (Å²) in [5, 5.41) is 0.636. The maximum absolute atomic E-state index is 12.9. The average molecular weight is 417 g/mol. The van der Waals surface area contributed by atoms with E-state index in [1.54, 1.807) is 29.6 Å². The van der Waals surface area contributed by atoms with Gasteiger partial charge in [0.15, 0.2) is 10.8 Å². The number of fused-ring (bicyclic) bond motifs is 1. The van der Waals surface area contributed by atoms with Crippen molar-refractivity contribution >= 4 is 33.2 Å². The fraction of sp³-hybridized carbons (Fsp3) is 0.176. The normalized spacial score (nSPS) is 13.7. The minimum atomic E-state index is -0.0631. The Hall–Kier alpha value is -2.32. The SMILES string of the molecule is O=C(c1cnc(-c2ncccn2)s1)N1CCOc2cccc(Br)c2C1. The molecule has 25 heavy (non-hydrogen) atoms. The van der Waals surface area contributed by atoms with Crippen molar-refractivity contribution in [2.45, 2.75) is 6.54 Å². The minimum Gasteiger partial charge on any atom is -0.491 e. The lowest BCUT2D eigenvalue weighted by atomic mass is 10.2. The molecule has 0 bridgehead atoms. The van der Waals surface area contributed by atoms with E-state index in [9.17, 15) is 4.79 Å². The molecule has 0 atom stereocenters. The number of nitrogens with zero attached hydrogens (tertiary/aromatic N) is 4. The van der Waals surface area contributed by atoms with E-state index in [-0.39, 0.29) is 5.91 Å². The second kappa shape index (κ2) is 6.89. The summed E-state index contributed by atoms with van der Waals surface area (Å²) >= 11 is 4.84. The van der Waals surface area contributed by atoms with Crippen molar-refractivity contribution in [2.24, 2.45) is 0 Å². The van der Waals surface area contributed by atoms with E-state index >= 15 is 0 Å². The van der Waals surface area contributed by atoms with Crippen LogP contribution in [0.4, 0.5) is 0 Å². The summed E-state index contributed by atoms with van der Waals surface area (Å²) in [5.41, 5.74) is 0.976. The second-order valence-electron chi connectivity index (χ2n) is 5.39. The average Bonchev–Trinajstić information content (AvgIpc) is 3.03. The topological polar surface area (TPSA) is 68.2 Å². The number of carbonyl (C=O) groups excluding carboxylic acids is 1. The molecule has 1 amide bonds. The number of rotatable bonds is 2. The molecule has 2 aromatic heterocycles. The van der Waals surface area contributed by atoms with Gasteiger partial charge in [0.1, 0.15) is 17.2 Å². The molecule has 0 unspecified atom stereocenters. The predicted molar refractivity (Wildman–Crippen MR) is 97.5 cm³/mol. The van der Waals surface area contributed by atoms with Crippen molar-refractivity contribution in [3.63, 3.8) is 0 Å². The summed E-state index contributed by atoms with van der Waals surface area (Å²) in [4.78, 5) is 27.9. The molecule has 0 N–H and O–H groups in total. The highest BCUT2D eigenvalue weighted by molar-refractivity contribution is 9.10. The zero-order valence-corrected chi connectivity index (χ0v) is 15.5. The summed E-state index contributed by atoms with van der Waals surface area (Å²) in [6, 6.07) is 7.55. The Morgan fingerprint density at radius 3 is 2.88 bits per heavy atom. The van der Waals surface area contributed by atoms with Crippen LogP contribution in [0.25, 0.3) is 10.8 Å². The van der Waals surface area contributed by atoms with E-state index in [1.807, 2.05) is 18.2 Å². The maximum atomic E-state index is 12.9. The molecule has 1 aromatic carbocycles. The predicted octanol–water partition coefficient (Wildman–Crippen LogP) is 3.40. The molecule has 0 saturated heterocycles. The van der Waals surface area contributed by atoms with Crippen molar-refractivity contribution in [2.75, 3.05) is 13.2 Å². The number of hydrogen-bond acceptors (Lipinski definition) is 6. The zero-order valence-electron chi connectivity index (χ0n) is 13.1. The largest absolute Gasteiger partial charge is 0.491 e. The first kappa shape index (κ1) is 16.2. The number of carbonyl (C=O) groups is 1. The van der Waals surface area contributed by atoms with Crippen molar-refractivity contribution in [1.29, 1.82) is 0 Å². The number of hydrogen-bond donors (Lipinski definition) is 0. The summed E-state index contributed by atoms with van der Waals surface area (Å²) < 4.78 is 6.70. The molecule has 0 aliphatic carbocycles. The Morgan fingerprint density at radius 2 is 2.04 bits per heavy atom. The van der Waals surface area contributed by atoms with Crippen molar-refractivity contribution in [1.82, 2.24) is 19.9 Å². The summed E-state index contributed by atoms with van der Waals surface area (Å²) in [5.74, 6) is 1.28. The summed E-state index contributed by atoms with van der Waals surface area (Å²) in [6.45, 7) is 1.47. The standard InChI is InChI=1S/C17H13BrN4O2S/c18-12-3-1-4-13-11(12)10-22(7-8-24-13)17(23)14-9-21-16(25-14)15-19-5-2-6-20-15/h1-6,9H,7-8,10H2. The molecule has 1 aliphatic rings. The van der Waals surface area contributed by atoms with Gasteiger partial charge in [-0.15, -0.1) is 11.3 Å². The van der Waals surface area contributed by atoms with Gasteiger partial charge in [0.25, 0.3) is 5.91 Å². The highest BCUT2D eigenvalue weighted by Crippen LogP contribution is 2.31. The molecule has 3 aromatic rings. The van der Waals surface area contributed by atoms with E-state index in [0.717, 1.165) is 15.8 Å². The molecule has 0 radical (unpaired) electrons. The van der Waals surface area contributed by atoms with Gasteiger partial charge in [0.2, 0.25) is 0 Å². The van der Waals surface area contributed by atoms with Gasteiger partial charge in [-0.1, -0.05) is 22.0 Å². The molecule has 4 rings (SSSR count). The van der Waals surface area contributed by atoms with Crippen molar-refractivity contribution in [3.8, 4) is 16.6 Å². The molecule has 0 saturated carbocycles. The lowest BCUT2D eigenvalue weighted by Crippen LogP contribution is -2.32. The molecule has 1 aliphatic heterocycles. The number of aromatic nitrogens is 3. The van der Waals surface area contributed by atoms with Crippen LogP contribution in [0.1, 0.15) is 15.2 Å². The number of ether oxygens (including phenoxy) is 1. The van der Waals surface area contributed by atoms with Gasteiger partial charge in [-0.3, -0.25) is 4.79 Å². The quantitative estimate of drug-likeness (QED) is 0.640. The Balaban J connectivity index is 1.59.